The minimum absolute atomic E-state index is 0.0666. The van der Waals surface area contributed by atoms with Crippen molar-refractivity contribution < 1.29 is 9.90 Å². The van der Waals surface area contributed by atoms with Crippen molar-refractivity contribution in [2.45, 2.75) is 25.8 Å². The first-order chi connectivity index (χ1) is 10.0. The number of nitrogens with zero attached hydrogens (tertiary/aromatic N) is 1. The summed E-state index contributed by atoms with van der Waals surface area (Å²) in [6.07, 6.45) is 1.44. The Bertz CT molecular complexity index is 490. The first-order valence-corrected chi connectivity index (χ1v) is 7.86. The van der Waals surface area contributed by atoms with E-state index in [1.54, 1.807) is 23.1 Å². The summed E-state index contributed by atoms with van der Waals surface area (Å²) < 4.78 is 0. The van der Waals surface area contributed by atoms with Crippen LogP contribution < -0.4 is 5.32 Å². The van der Waals surface area contributed by atoms with Gasteiger partial charge in [0.25, 0.3) is 0 Å². The fraction of sp³-hybridized carbons (Fsp3) is 0.533. The van der Waals surface area contributed by atoms with E-state index >= 15 is 0 Å². The Balaban J connectivity index is 1.90. The van der Waals surface area contributed by atoms with Gasteiger partial charge in [0.2, 0.25) is 0 Å². The normalized spacial score (nSPS) is 19.6. The van der Waals surface area contributed by atoms with Gasteiger partial charge in [0.15, 0.2) is 0 Å². The lowest BCUT2D eigenvalue weighted by Gasteiger charge is -2.21. The molecule has 1 aromatic carbocycles. The van der Waals surface area contributed by atoms with Crippen LogP contribution in [-0.4, -0.2) is 41.8 Å². The van der Waals surface area contributed by atoms with Crippen molar-refractivity contribution in [3.8, 4) is 0 Å². The molecule has 2 atom stereocenters. The van der Waals surface area contributed by atoms with Crippen LogP contribution in [0.3, 0.4) is 0 Å². The average molecular weight is 331 g/mol. The lowest BCUT2D eigenvalue weighted by atomic mass is 10.1. The molecule has 0 spiro atoms. The molecule has 6 heteroatoms. The minimum atomic E-state index is -0.0957. The monoisotopic (exact) mass is 330 g/mol. The number of rotatable bonds is 4. The highest BCUT2D eigenvalue weighted by molar-refractivity contribution is 6.36. The quantitative estimate of drug-likeness (QED) is 0.891. The molecule has 21 heavy (non-hydrogen) atoms. The van der Waals surface area contributed by atoms with Crippen LogP contribution in [0.2, 0.25) is 10.0 Å². The van der Waals surface area contributed by atoms with E-state index in [0.29, 0.717) is 29.6 Å². The maximum Gasteiger partial charge on any atom is 0.317 e. The molecule has 1 aliphatic rings. The molecule has 0 bridgehead atoms. The fourth-order valence-electron chi connectivity index (χ4n) is 2.55. The molecular formula is C15H20Cl2N2O2. The number of aliphatic hydroxyl groups excluding tert-OH is 1. The molecule has 1 fully saturated rings. The zero-order chi connectivity index (χ0) is 15.4. The summed E-state index contributed by atoms with van der Waals surface area (Å²) in [6.45, 7) is 3.37. The van der Waals surface area contributed by atoms with Crippen molar-refractivity contribution in [2.24, 2.45) is 5.92 Å². The predicted molar refractivity (Wildman–Crippen MR) is 84.9 cm³/mol. The molecule has 0 aromatic heterocycles. The Morgan fingerprint density at radius 2 is 2.14 bits per heavy atom. The van der Waals surface area contributed by atoms with Crippen LogP contribution in [0.1, 0.15) is 18.9 Å². The van der Waals surface area contributed by atoms with E-state index in [0.717, 1.165) is 12.0 Å². The molecule has 2 rings (SSSR count). The van der Waals surface area contributed by atoms with Crippen LogP contribution >= 0.6 is 23.2 Å². The Hall–Kier alpha value is -0.970. The zero-order valence-electron chi connectivity index (χ0n) is 12.0. The van der Waals surface area contributed by atoms with Gasteiger partial charge in [0, 0.05) is 41.7 Å². The molecule has 2 amide bonds. The van der Waals surface area contributed by atoms with Crippen LogP contribution in [0.5, 0.6) is 0 Å². The molecule has 0 saturated carbocycles. The molecule has 4 nitrogen and oxygen atoms in total. The number of benzene rings is 1. The van der Waals surface area contributed by atoms with Gasteiger partial charge in [-0.15, -0.1) is 0 Å². The summed E-state index contributed by atoms with van der Waals surface area (Å²) in [5, 5.41) is 13.3. The second-order valence-electron chi connectivity index (χ2n) is 5.54. The van der Waals surface area contributed by atoms with Gasteiger partial charge in [-0.25, -0.2) is 4.79 Å². The smallest absolute Gasteiger partial charge is 0.317 e. The van der Waals surface area contributed by atoms with Crippen molar-refractivity contribution in [3.63, 3.8) is 0 Å². The fourth-order valence-corrected chi connectivity index (χ4v) is 3.10. The van der Waals surface area contributed by atoms with Crippen molar-refractivity contribution >= 4 is 29.2 Å². The van der Waals surface area contributed by atoms with Crippen LogP contribution in [0, 0.1) is 5.92 Å². The van der Waals surface area contributed by atoms with Crippen LogP contribution in [0.15, 0.2) is 18.2 Å². The molecule has 1 heterocycles. The molecule has 0 aliphatic carbocycles. The van der Waals surface area contributed by atoms with E-state index in [2.05, 4.69) is 5.32 Å². The lowest BCUT2D eigenvalue weighted by molar-refractivity contribution is 0.195. The van der Waals surface area contributed by atoms with E-state index in [4.69, 9.17) is 28.3 Å². The molecule has 2 N–H and O–H groups in total. The standard InChI is InChI=1S/C15H20Cl2N2O2/c1-10(7-12-13(16)3-2-4-14(12)17)18-15(21)19-6-5-11(8-19)9-20/h2-4,10-11,20H,5-9H2,1H3,(H,18,21)/t10-,11+/m0/s1. The van der Waals surface area contributed by atoms with Crippen molar-refractivity contribution in [2.75, 3.05) is 19.7 Å². The third-order valence-electron chi connectivity index (χ3n) is 3.77. The van der Waals surface area contributed by atoms with Gasteiger partial charge in [-0.05, 0) is 37.5 Å². The molecule has 1 saturated heterocycles. The van der Waals surface area contributed by atoms with Gasteiger partial charge in [0.1, 0.15) is 0 Å². The minimum Gasteiger partial charge on any atom is -0.396 e. The number of amides is 2. The zero-order valence-corrected chi connectivity index (χ0v) is 13.5. The van der Waals surface area contributed by atoms with E-state index in [1.165, 1.54) is 0 Å². The van der Waals surface area contributed by atoms with Gasteiger partial charge >= 0.3 is 6.03 Å². The average Bonchev–Trinajstić information content (AvgIpc) is 2.92. The highest BCUT2D eigenvalue weighted by atomic mass is 35.5. The summed E-state index contributed by atoms with van der Waals surface area (Å²) in [7, 11) is 0. The first kappa shape index (κ1) is 16.4. The van der Waals surface area contributed by atoms with Gasteiger partial charge in [-0.2, -0.15) is 0 Å². The number of likely N-dealkylation sites (tertiary alicyclic amines) is 1. The number of carbonyl (C=O) groups is 1. The van der Waals surface area contributed by atoms with E-state index in [1.807, 2.05) is 6.92 Å². The summed E-state index contributed by atoms with van der Waals surface area (Å²) in [5.41, 5.74) is 0.850. The maximum atomic E-state index is 12.1. The van der Waals surface area contributed by atoms with Gasteiger partial charge < -0.3 is 15.3 Å². The number of aliphatic hydroxyl groups is 1. The molecule has 1 aromatic rings. The topological polar surface area (TPSA) is 52.6 Å². The van der Waals surface area contributed by atoms with Crippen molar-refractivity contribution in [1.29, 1.82) is 0 Å². The number of halogens is 2. The van der Waals surface area contributed by atoms with Crippen molar-refractivity contribution in [3.05, 3.63) is 33.8 Å². The molecule has 1 aliphatic heterocycles. The molecule has 0 radical (unpaired) electrons. The Kier molecular flexibility index (Phi) is 5.73. The number of hydrogen-bond donors (Lipinski definition) is 2. The SMILES string of the molecule is C[C@@H](Cc1c(Cl)cccc1Cl)NC(=O)N1CC[C@@H](CO)C1. The van der Waals surface area contributed by atoms with E-state index < -0.39 is 0 Å². The second kappa shape index (κ2) is 7.34. The van der Waals surface area contributed by atoms with Crippen LogP contribution in [-0.2, 0) is 6.42 Å². The van der Waals surface area contributed by atoms with E-state index in [9.17, 15) is 4.79 Å². The largest absolute Gasteiger partial charge is 0.396 e. The number of nitrogens with one attached hydrogen (secondary N) is 1. The van der Waals surface area contributed by atoms with Crippen molar-refractivity contribution in [1.82, 2.24) is 10.2 Å². The number of urea groups is 1. The molecule has 0 unspecified atom stereocenters. The second-order valence-corrected chi connectivity index (χ2v) is 6.35. The highest BCUT2D eigenvalue weighted by Crippen LogP contribution is 2.25. The predicted octanol–water partition coefficient (Wildman–Crippen LogP) is 2.95. The first-order valence-electron chi connectivity index (χ1n) is 7.10. The summed E-state index contributed by atoms with van der Waals surface area (Å²) in [4.78, 5) is 13.9. The Morgan fingerprint density at radius 3 is 2.71 bits per heavy atom. The Labute approximate surface area is 135 Å². The van der Waals surface area contributed by atoms with Gasteiger partial charge in [-0.3, -0.25) is 0 Å². The Morgan fingerprint density at radius 1 is 1.48 bits per heavy atom. The van der Waals surface area contributed by atoms with Gasteiger partial charge in [-0.1, -0.05) is 29.3 Å². The summed E-state index contributed by atoms with van der Waals surface area (Å²) in [6, 6.07) is 5.23. The molecular weight excluding hydrogens is 311 g/mol. The maximum absolute atomic E-state index is 12.1. The lowest BCUT2D eigenvalue weighted by Crippen LogP contribution is -2.43. The number of hydrogen-bond acceptors (Lipinski definition) is 2. The number of carbonyl (C=O) groups excluding carboxylic acids is 1. The third-order valence-corrected chi connectivity index (χ3v) is 4.48. The van der Waals surface area contributed by atoms with E-state index in [-0.39, 0.29) is 24.6 Å². The summed E-state index contributed by atoms with van der Waals surface area (Å²) >= 11 is 12.3. The van der Waals surface area contributed by atoms with Crippen LogP contribution in [0.25, 0.3) is 0 Å². The third kappa shape index (κ3) is 4.25. The highest BCUT2D eigenvalue weighted by Gasteiger charge is 2.26. The van der Waals surface area contributed by atoms with Crippen LogP contribution in [0.4, 0.5) is 4.79 Å². The molecule has 116 valence electrons. The summed E-state index contributed by atoms with van der Waals surface area (Å²) in [5.74, 6) is 0.198. The van der Waals surface area contributed by atoms with Gasteiger partial charge in [0.05, 0.1) is 0 Å².